The number of thiophene rings is 1. The molecule has 0 aliphatic rings. The average Bonchev–Trinajstić information content (AvgIpc) is 2.74. The second-order valence-electron chi connectivity index (χ2n) is 5.22. The molecule has 0 spiro atoms. The molecular formula is C14H17FN2S. The summed E-state index contributed by atoms with van der Waals surface area (Å²) in [4.78, 5) is 6.35. The molecule has 0 atom stereocenters. The lowest BCUT2D eigenvalue weighted by atomic mass is 9.95. The van der Waals surface area contributed by atoms with Crippen molar-refractivity contribution < 1.29 is 4.39 Å². The van der Waals surface area contributed by atoms with Gasteiger partial charge in [-0.15, -0.1) is 11.3 Å². The van der Waals surface area contributed by atoms with Crippen LogP contribution in [0, 0.1) is 5.95 Å². The highest BCUT2D eigenvalue weighted by Gasteiger charge is 2.15. The lowest BCUT2D eigenvalue weighted by Crippen LogP contribution is -2.07. The average molecular weight is 264 g/mol. The third-order valence-corrected chi connectivity index (χ3v) is 4.07. The molecule has 4 heteroatoms. The molecule has 2 aromatic heterocycles. The second kappa shape index (κ2) is 5.06. The Kier molecular flexibility index (Phi) is 3.66. The maximum Gasteiger partial charge on any atom is 0.214 e. The molecule has 0 saturated carbocycles. The predicted octanol–water partition coefficient (Wildman–Crippen LogP) is 4.19. The Morgan fingerprint density at radius 1 is 1.22 bits per heavy atom. The highest BCUT2D eigenvalue weighted by Crippen LogP contribution is 2.29. The molecule has 96 valence electrons. The summed E-state index contributed by atoms with van der Waals surface area (Å²) in [6.07, 6.45) is 0. The van der Waals surface area contributed by atoms with E-state index in [1.54, 1.807) is 23.5 Å². The normalized spacial score (nSPS) is 11.6. The van der Waals surface area contributed by atoms with Crippen LogP contribution in [0.2, 0.25) is 0 Å². The Labute approximate surface area is 111 Å². The minimum atomic E-state index is -0.457. The van der Waals surface area contributed by atoms with Crippen molar-refractivity contribution in [3.63, 3.8) is 0 Å². The largest absolute Gasteiger partial charge is 0.365 e. The van der Waals surface area contributed by atoms with E-state index in [9.17, 15) is 4.39 Å². The van der Waals surface area contributed by atoms with Gasteiger partial charge >= 0.3 is 0 Å². The van der Waals surface area contributed by atoms with Crippen LogP contribution in [0.5, 0.6) is 0 Å². The van der Waals surface area contributed by atoms with E-state index in [1.807, 2.05) is 0 Å². The zero-order chi connectivity index (χ0) is 13.2. The van der Waals surface area contributed by atoms with E-state index in [0.29, 0.717) is 12.4 Å². The first-order chi connectivity index (χ1) is 8.45. The van der Waals surface area contributed by atoms with Crippen molar-refractivity contribution in [1.82, 2.24) is 4.98 Å². The summed E-state index contributed by atoms with van der Waals surface area (Å²) in [5.74, 6) is 0.113. The van der Waals surface area contributed by atoms with Crippen LogP contribution in [0.3, 0.4) is 0 Å². The molecule has 0 unspecified atom stereocenters. The van der Waals surface area contributed by atoms with Crippen LogP contribution >= 0.6 is 11.3 Å². The number of halogens is 1. The van der Waals surface area contributed by atoms with Gasteiger partial charge in [0.1, 0.15) is 5.82 Å². The number of pyridine rings is 1. The first kappa shape index (κ1) is 13.0. The number of hydrogen-bond acceptors (Lipinski definition) is 3. The van der Waals surface area contributed by atoms with E-state index >= 15 is 0 Å². The molecule has 0 bridgehead atoms. The number of nitrogens with zero attached hydrogens (tertiary/aromatic N) is 1. The Bertz CT molecular complexity index is 529. The van der Waals surface area contributed by atoms with Crippen molar-refractivity contribution >= 4 is 17.2 Å². The van der Waals surface area contributed by atoms with E-state index in [0.717, 1.165) is 0 Å². The summed E-state index contributed by atoms with van der Waals surface area (Å²) < 4.78 is 12.9. The van der Waals surface area contributed by atoms with Gasteiger partial charge < -0.3 is 5.32 Å². The second-order valence-corrected chi connectivity index (χ2v) is 6.38. The van der Waals surface area contributed by atoms with Crippen molar-refractivity contribution in [2.75, 3.05) is 5.32 Å². The fourth-order valence-electron chi connectivity index (χ4n) is 1.56. The molecule has 0 saturated heterocycles. The molecule has 0 aliphatic heterocycles. The van der Waals surface area contributed by atoms with E-state index < -0.39 is 5.95 Å². The summed E-state index contributed by atoms with van der Waals surface area (Å²) in [5.41, 5.74) is 0.181. The summed E-state index contributed by atoms with van der Waals surface area (Å²) >= 11 is 1.78. The topological polar surface area (TPSA) is 24.9 Å². The van der Waals surface area contributed by atoms with Crippen LogP contribution in [0.15, 0.2) is 30.3 Å². The fraction of sp³-hybridized carbons (Fsp3) is 0.357. The van der Waals surface area contributed by atoms with E-state index in [4.69, 9.17) is 0 Å². The van der Waals surface area contributed by atoms with E-state index in [2.05, 4.69) is 43.2 Å². The molecule has 2 aromatic rings. The molecule has 2 nitrogen and oxygen atoms in total. The maximum absolute atomic E-state index is 12.9. The van der Waals surface area contributed by atoms with Gasteiger partial charge in [-0.2, -0.15) is 4.39 Å². The Balaban J connectivity index is 2.01. The Morgan fingerprint density at radius 2 is 2.00 bits per heavy atom. The van der Waals surface area contributed by atoms with Gasteiger partial charge in [-0.3, -0.25) is 0 Å². The monoisotopic (exact) mass is 264 g/mol. The number of aromatic nitrogens is 1. The molecule has 0 fully saturated rings. The third-order valence-electron chi connectivity index (χ3n) is 2.56. The van der Waals surface area contributed by atoms with Crippen molar-refractivity contribution in [3.05, 3.63) is 46.0 Å². The van der Waals surface area contributed by atoms with E-state index in [-0.39, 0.29) is 5.41 Å². The maximum atomic E-state index is 12.9. The third kappa shape index (κ3) is 3.29. The van der Waals surface area contributed by atoms with Crippen LogP contribution in [0.4, 0.5) is 10.2 Å². The number of nitrogens with one attached hydrogen (secondary N) is 1. The zero-order valence-electron chi connectivity index (χ0n) is 10.8. The van der Waals surface area contributed by atoms with Crippen molar-refractivity contribution in [3.8, 4) is 0 Å². The molecule has 0 radical (unpaired) electrons. The van der Waals surface area contributed by atoms with Gasteiger partial charge in [0.25, 0.3) is 0 Å². The highest BCUT2D eigenvalue weighted by molar-refractivity contribution is 7.12. The molecular weight excluding hydrogens is 247 g/mol. The smallest absolute Gasteiger partial charge is 0.214 e. The first-order valence-electron chi connectivity index (χ1n) is 5.91. The lowest BCUT2D eigenvalue weighted by molar-refractivity contribution is 0.585. The van der Waals surface area contributed by atoms with Crippen LogP contribution < -0.4 is 5.32 Å². The molecule has 2 rings (SSSR count). The number of hydrogen-bond donors (Lipinski definition) is 1. The standard InChI is InChI=1S/C14H17FN2S/c1-14(2,3)11-8-7-10(18-11)9-16-13-6-4-5-12(15)17-13/h4-8H,9H2,1-3H3,(H,16,17). The van der Waals surface area contributed by atoms with Gasteiger partial charge in [0.2, 0.25) is 5.95 Å². The molecule has 0 aromatic carbocycles. The van der Waals surface area contributed by atoms with Crippen LogP contribution in [-0.2, 0) is 12.0 Å². The van der Waals surface area contributed by atoms with Crippen LogP contribution in [0.1, 0.15) is 30.5 Å². The van der Waals surface area contributed by atoms with Gasteiger partial charge in [-0.1, -0.05) is 26.8 Å². The van der Waals surface area contributed by atoms with Crippen LogP contribution in [-0.4, -0.2) is 4.98 Å². The number of rotatable bonds is 3. The van der Waals surface area contributed by atoms with Crippen molar-refractivity contribution in [1.29, 1.82) is 0 Å². The van der Waals surface area contributed by atoms with Gasteiger partial charge in [-0.05, 0) is 29.7 Å². The summed E-state index contributed by atoms with van der Waals surface area (Å²) in [5, 5.41) is 3.13. The summed E-state index contributed by atoms with van der Waals surface area (Å²) in [7, 11) is 0. The quantitative estimate of drug-likeness (QED) is 0.841. The molecule has 2 heterocycles. The SMILES string of the molecule is CC(C)(C)c1ccc(CNc2cccc(F)n2)s1. The lowest BCUT2D eigenvalue weighted by Gasteiger charge is -2.15. The molecule has 0 amide bonds. The summed E-state index contributed by atoms with van der Waals surface area (Å²) in [6, 6.07) is 9.02. The fourth-order valence-corrected chi connectivity index (χ4v) is 2.57. The predicted molar refractivity (Wildman–Crippen MR) is 74.5 cm³/mol. The Morgan fingerprint density at radius 3 is 2.61 bits per heavy atom. The highest BCUT2D eigenvalue weighted by atomic mass is 32.1. The first-order valence-corrected chi connectivity index (χ1v) is 6.72. The Hall–Kier alpha value is -1.42. The van der Waals surface area contributed by atoms with Crippen LogP contribution in [0.25, 0.3) is 0 Å². The molecule has 0 aliphatic carbocycles. The summed E-state index contributed by atoms with van der Waals surface area (Å²) in [6.45, 7) is 7.27. The minimum absolute atomic E-state index is 0.181. The number of anilines is 1. The van der Waals surface area contributed by atoms with Crippen molar-refractivity contribution in [2.45, 2.75) is 32.7 Å². The minimum Gasteiger partial charge on any atom is -0.365 e. The zero-order valence-corrected chi connectivity index (χ0v) is 11.6. The van der Waals surface area contributed by atoms with Gasteiger partial charge in [0.05, 0.1) is 6.54 Å². The van der Waals surface area contributed by atoms with Gasteiger partial charge in [0, 0.05) is 9.75 Å². The van der Waals surface area contributed by atoms with Crippen molar-refractivity contribution in [2.24, 2.45) is 0 Å². The van der Waals surface area contributed by atoms with E-state index in [1.165, 1.54) is 15.8 Å². The molecule has 18 heavy (non-hydrogen) atoms. The van der Waals surface area contributed by atoms with Gasteiger partial charge in [0.15, 0.2) is 0 Å². The molecule has 1 N–H and O–H groups in total. The van der Waals surface area contributed by atoms with Gasteiger partial charge in [-0.25, -0.2) is 4.98 Å².